The molecular formula is C21H19ClN4OS2. The summed E-state index contributed by atoms with van der Waals surface area (Å²) in [5.74, 6) is 0.992. The first-order valence-electron chi connectivity index (χ1n) is 9.23. The minimum absolute atomic E-state index is 0.106. The maximum absolute atomic E-state index is 12.3. The van der Waals surface area contributed by atoms with Gasteiger partial charge in [-0.05, 0) is 30.7 Å². The SMILES string of the molecule is CCCn1c(SCC(=O)Nc2cccc(Cl)c2)nnc1-c1csc2ccccc12. The molecule has 2 heterocycles. The lowest BCUT2D eigenvalue weighted by molar-refractivity contribution is -0.113. The number of halogens is 1. The Kier molecular flexibility index (Phi) is 6.18. The predicted molar refractivity (Wildman–Crippen MR) is 122 cm³/mol. The molecule has 5 nitrogen and oxygen atoms in total. The third-order valence-electron chi connectivity index (χ3n) is 4.33. The first kappa shape index (κ1) is 19.9. The van der Waals surface area contributed by atoms with Gasteiger partial charge in [-0.3, -0.25) is 4.79 Å². The zero-order valence-corrected chi connectivity index (χ0v) is 18.2. The van der Waals surface area contributed by atoms with E-state index in [4.69, 9.17) is 11.6 Å². The van der Waals surface area contributed by atoms with E-state index >= 15 is 0 Å². The van der Waals surface area contributed by atoms with E-state index in [-0.39, 0.29) is 11.7 Å². The average molecular weight is 443 g/mol. The minimum Gasteiger partial charge on any atom is -0.325 e. The minimum atomic E-state index is -0.106. The molecular weight excluding hydrogens is 424 g/mol. The molecule has 0 aliphatic heterocycles. The second-order valence-electron chi connectivity index (χ2n) is 6.45. The molecule has 0 fully saturated rings. The van der Waals surface area contributed by atoms with Gasteiger partial charge in [-0.1, -0.05) is 54.6 Å². The highest BCUT2D eigenvalue weighted by Gasteiger charge is 2.18. The summed E-state index contributed by atoms with van der Waals surface area (Å²) in [6, 6.07) is 15.4. The molecule has 148 valence electrons. The van der Waals surface area contributed by atoms with Gasteiger partial charge in [0.05, 0.1) is 5.75 Å². The van der Waals surface area contributed by atoms with Gasteiger partial charge in [-0.2, -0.15) is 0 Å². The van der Waals surface area contributed by atoms with Gasteiger partial charge in [0, 0.05) is 38.3 Å². The normalized spacial score (nSPS) is 11.1. The zero-order chi connectivity index (χ0) is 20.2. The summed E-state index contributed by atoms with van der Waals surface area (Å²) in [7, 11) is 0. The highest BCUT2D eigenvalue weighted by molar-refractivity contribution is 7.99. The van der Waals surface area contributed by atoms with E-state index in [0.29, 0.717) is 10.7 Å². The maximum atomic E-state index is 12.3. The Balaban J connectivity index is 1.53. The molecule has 0 aliphatic rings. The van der Waals surface area contributed by atoms with Crippen molar-refractivity contribution in [3.63, 3.8) is 0 Å². The summed E-state index contributed by atoms with van der Waals surface area (Å²) in [4.78, 5) is 12.3. The molecule has 0 saturated carbocycles. The molecule has 8 heteroatoms. The van der Waals surface area contributed by atoms with Crippen LogP contribution in [0.5, 0.6) is 0 Å². The monoisotopic (exact) mass is 442 g/mol. The molecule has 1 amide bonds. The van der Waals surface area contributed by atoms with Crippen LogP contribution in [0.25, 0.3) is 21.5 Å². The van der Waals surface area contributed by atoms with Gasteiger partial charge in [-0.15, -0.1) is 21.5 Å². The number of nitrogens with zero attached hydrogens (tertiary/aromatic N) is 3. The van der Waals surface area contributed by atoms with Crippen LogP contribution in [0.1, 0.15) is 13.3 Å². The lowest BCUT2D eigenvalue weighted by Crippen LogP contribution is -2.14. The van der Waals surface area contributed by atoms with Crippen molar-refractivity contribution in [2.24, 2.45) is 0 Å². The van der Waals surface area contributed by atoms with Crippen LogP contribution in [0.4, 0.5) is 5.69 Å². The fourth-order valence-electron chi connectivity index (χ4n) is 3.06. The topological polar surface area (TPSA) is 59.8 Å². The highest BCUT2D eigenvalue weighted by Crippen LogP contribution is 2.34. The Morgan fingerprint density at radius 1 is 1.21 bits per heavy atom. The molecule has 0 spiro atoms. The van der Waals surface area contributed by atoms with Gasteiger partial charge in [0.15, 0.2) is 11.0 Å². The lowest BCUT2D eigenvalue weighted by atomic mass is 10.1. The number of carbonyl (C=O) groups excluding carboxylic acids is 1. The van der Waals surface area contributed by atoms with Crippen molar-refractivity contribution in [1.29, 1.82) is 0 Å². The molecule has 0 bridgehead atoms. The van der Waals surface area contributed by atoms with Gasteiger partial charge in [-0.25, -0.2) is 0 Å². The number of thioether (sulfide) groups is 1. The molecule has 4 rings (SSSR count). The van der Waals surface area contributed by atoms with Gasteiger partial charge >= 0.3 is 0 Å². The number of carbonyl (C=O) groups is 1. The van der Waals surface area contributed by atoms with Crippen molar-refractivity contribution < 1.29 is 4.79 Å². The van der Waals surface area contributed by atoms with Crippen LogP contribution < -0.4 is 5.32 Å². The Hall–Kier alpha value is -2.35. The molecule has 29 heavy (non-hydrogen) atoms. The van der Waals surface area contributed by atoms with Crippen LogP contribution in [0, 0.1) is 0 Å². The number of aromatic nitrogens is 3. The number of benzene rings is 2. The summed E-state index contributed by atoms with van der Waals surface area (Å²) >= 11 is 9.06. The van der Waals surface area contributed by atoms with Gasteiger partial charge < -0.3 is 9.88 Å². The molecule has 0 atom stereocenters. The maximum Gasteiger partial charge on any atom is 0.234 e. The van der Waals surface area contributed by atoms with E-state index in [1.54, 1.807) is 29.5 Å². The van der Waals surface area contributed by atoms with E-state index in [0.717, 1.165) is 29.5 Å². The van der Waals surface area contributed by atoms with E-state index in [2.05, 4.69) is 44.5 Å². The van der Waals surface area contributed by atoms with Crippen LogP contribution in [-0.2, 0) is 11.3 Å². The van der Waals surface area contributed by atoms with Crippen molar-refractivity contribution in [2.45, 2.75) is 25.0 Å². The van der Waals surface area contributed by atoms with Crippen LogP contribution in [-0.4, -0.2) is 26.4 Å². The van der Waals surface area contributed by atoms with Crippen LogP contribution in [0.3, 0.4) is 0 Å². The molecule has 0 saturated heterocycles. The molecule has 0 unspecified atom stereocenters. The number of nitrogens with one attached hydrogen (secondary N) is 1. The summed E-state index contributed by atoms with van der Waals surface area (Å²) in [6.07, 6.45) is 0.954. The quantitative estimate of drug-likeness (QED) is 0.359. The average Bonchev–Trinajstić information content (AvgIpc) is 3.30. The standard InChI is InChI=1S/C21H19ClN4OS2/c1-2-10-26-20(17-12-28-18-9-4-3-8-16(17)18)24-25-21(26)29-13-19(27)23-15-7-5-6-14(22)11-15/h3-9,11-12H,2,10,13H2,1H3,(H,23,27). The van der Waals surface area contributed by atoms with E-state index in [1.165, 1.54) is 21.8 Å². The number of amides is 1. The first-order chi connectivity index (χ1) is 14.2. The summed E-state index contributed by atoms with van der Waals surface area (Å²) in [5, 5.41) is 16.3. The smallest absolute Gasteiger partial charge is 0.234 e. The molecule has 4 aromatic rings. The van der Waals surface area contributed by atoms with Gasteiger partial charge in [0.2, 0.25) is 5.91 Å². The Morgan fingerprint density at radius 3 is 2.90 bits per heavy atom. The Bertz CT molecular complexity index is 1150. The van der Waals surface area contributed by atoms with Crippen molar-refractivity contribution in [2.75, 3.05) is 11.1 Å². The molecule has 0 aliphatic carbocycles. The number of anilines is 1. The molecule has 1 N–H and O–H groups in total. The van der Waals surface area contributed by atoms with Gasteiger partial charge in [0.1, 0.15) is 0 Å². The number of hydrogen-bond acceptors (Lipinski definition) is 5. The number of thiophene rings is 1. The van der Waals surface area contributed by atoms with Crippen LogP contribution >= 0.6 is 34.7 Å². The predicted octanol–water partition coefficient (Wildman–Crippen LogP) is 5.95. The van der Waals surface area contributed by atoms with Crippen molar-refractivity contribution in [3.8, 4) is 11.4 Å². The van der Waals surface area contributed by atoms with Crippen LogP contribution in [0.2, 0.25) is 5.02 Å². The third-order valence-corrected chi connectivity index (χ3v) is 6.49. The fraction of sp³-hybridized carbons (Fsp3) is 0.190. The lowest BCUT2D eigenvalue weighted by Gasteiger charge is -2.09. The number of fused-ring (bicyclic) bond motifs is 1. The van der Waals surface area contributed by atoms with Crippen molar-refractivity contribution >= 4 is 56.4 Å². The first-order valence-corrected chi connectivity index (χ1v) is 11.5. The fourth-order valence-corrected chi connectivity index (χ4v) is 4.96. The van der Waals surface area contributed by atoms with E-state index in [9.17, 15) is 4.79 Å². The van der Waals surface area contributed by atoms with Crippen LogP contribution in [0.15, 0.2) is 59.1 Å². The Labute approximate surface area is 182 Å². The number of rotatable bonds is 7. The largest absolute Gasteiger partial charge is 0.325 e. The zero-order valence-electron chi connectivity index (χ0n) is 15.8. The number of hydrogen-bond donors (Lipinski definition) is 1. The highest BCUT2D eigenvalue weighted by atomic mass is 35.5. The Morgan fingerprint density at radius 2 is 2.07 bits per heavy atom. The van der Waals surface area contributed by atoms with E-state index in [1.807, 2.05) is 18.2 Å². The molecule has 0 radical (unpaired) electrons. The summed E-state index contributed by atoms with van der Waals surface area (Å²) < 4.78 is 3.33. The third kappa shape index (κ3) is 4.47. The van der Waals surface area contributed by atoms with Crippen molar-refractivity contribution in [1.82, 2.24) is 14.8 Å². The van der Waals surface area contributed by atoms with Crippen molar-refractivity contribution in [3.05, 3.63) is 58.9 Å². The second-order valence-corrected chi connectivity index (χ2v) is 8.74. The van der Waals surface area contributed by atoms with E-state index < -0.39 is 0 Å². The summed E-state index contributed by atoms with van der Waals surface area (Å²) in [5.41, 5.74) is 1.77. The molecule has 2 aromatic carbocycles. The summed E-state index contributed by atoms with van der Waals surface area (Å²) in [6.45, 7) is 2.92. The molecule has 2 aromatic heterocycles. The second kappa shape index (κ2) is 8.98. The van der Waals surface area contributed by atoms with Gasteiger partial charge in [0.25, 0.3) is 0 Å².